The Kier molecular flexibility index (Phi) is 6.58. The first kappa shape index (κ1) is 14.8. The first-order valence-corrected chi connectivity index (χ1v) is 6.74. The standard InChI is InChI=1S/C14H21ClN2O/c1-3-4-5-10-16-14(18)17(2)11-12-6-8-13(15)9-7-12/h6-9H,3-5,10-11H2,1-2H3,(H,16,18). The topological polar surface area (TPSA) is 32.3 Å². The van der Waals surface area contributed by atoms with Gasteiger partial charge >= 0.3 is 6.03 Å². The van der Waals surface area contributed by atoms with Crippen molar-refractivity contribution in [3.8, 4) is 0 Å². The van der Waals surface area contributed by atoms with Crippen LogP contribution in [0.5, 0.6) is 0 Å². The third-order valence-corrected chi connectivity index (χ3v) is 2.99. The Morgan fingerprint density at radius 2 is 1.94 bits per heavy atom. The molecule has 1 rings (SSSR count). The molecule has 1 aromatic carbocycles. The van der Waals surface area contributed by atoms with Gasteiger partial charge in [-0.1, -0.05) is 43.5 Å². The van der Waals surface area contributed by atoms with E-state index in [2.05, 4.69) is 12.2 Å². The van der Waals surface area contributed by atoms with E-state index in [0.717, 1.165) is 31.4 Å². The van der Waals surface area contributed by atoms with E-state index in [4.69, 9.17) is 11.6 Å². The predicted molar refractivity (Wildman–Crippen MR) is 75.8 cm³/mol. The highest BCUT2D eigenvalue weighted by Crippen LogP contribution is 2.10. The minimum Gasteiger partial charge on any atom is -0.338 e. The van der Waals surface area contributed by atoms with Crippen LogP contribution < -0.4 is 5.32 Å². The van der Waals surface area contributed by atoms with Crippen molar-refractivity contribution in [1.82, 2.24) is 10.2 Å². The number of urea groups is 1. The number of unbranched alkanes of at least 4 members (excludes halogenated alkanes) is 2. The molecule has 0 aliphatic heterocycles. The summed E-state index contributed by atoms with van der Waals surface area (Å²) < 4.78 is 0. The number of carbonyl (C=O) groups is 1. The second kappa shape index (κ2) is 7.98. The largest absolute Gasteiger partial charge is 0.338 e. The summed E-state index contributed by atoms with van der Waals surface area (Å²) in [6.07, 6.45) is 3.36. The number of rotatable bonds is 6. The zero-order valence-electron chi connectivity index (χ0n) is 11.1. The van der Waals surface area contributed by atoms with Crippen LogP contribution in [0.2, 0.25) is 5.02 Å². The number of halogens is 1. The van der Waals surface area contributed by atoms with Gasteiger partial charge < -0.3 is 10.2 Å². The van der Waals surface area contributed by atoms with Crippen molar-refractivity contribution in [2.45, 2.75) is 32.7 Å². The maximum atomic E-state index is 11.8. The summed E-state index contributed by atoms with van der Waals surface area (Å²) in [4.78, 5) is 13.4. The number of amides is 2. The minimum absolute atomic E-state index is 0.0268. The monoisotopic (exact) mass is 268 g/mol. The first-order chi connectivity index (χ1) is 8.63. The quantitative estimate of drug-likeness (QED) is 0.785. The van der Waals surface area contributed by atoms with Crippen LogP contribution in [0.4, 0.5) is 4.79 Å². The molecule has 3 nitrogen and oxygen atoms in total. The highest BCUT2D eigenvalue weighted by atomic mass is 35.5. The summed E-state index contributed by atoms with van der Waals surface area (Å²) in [7, 11) is 1.80. The summed E-state index contributed by atoms with van der Waals surface area (Å²) in [5, 5.41) is 3.62. The zero-order valence-corrected chi connectivity index (χ0v) is 11.8. The Hall–Kier alpha value is -1.22. The van der Waals surface area contributed by atoms with E-state index < -0.39 is 0 Å². The van der Waals surface area contributed by atoms with Gasteiger partial charge in [0.15, 0.2) is 0 Å². The molecule has 0 atom stereocenters. The molecule has 0 aromatic heterocycles. The van der Waals surface area contributed by atoms with Crippen LogP contribution in [-0.4, -0.2) is 24.5 Å². The van der Waals surface area contributed by atoms with Crippen LogP contribution in [-0.2, 0) is 6.54 Å². The number of hydrogen-bond acceptors (Lipinski definition) is 1. The van der Waals surface area contributed by atoms with E-state index >= 15 is 0 Å². The van der Waals surface area contributed by atoms with Gasteiger partial charge in [-0.15, -0.1) is 0 Å². The number of nitrogens with one attached hydrogen (secondary N) is 1. The summed E-state index contributed by atoms with van der Waals surface area (Å²) in [5.41, 5.74) is 1.07. The molecule has 0 aliphatic rings. The van der Waals surface area contributed by atoms with E-state index in [0.29, 0.717) is 11.6 Å². The van der Waals surface area contributed by atoms with Crippen LogP contribution in [0.1, 0.15) is 31.7 Å². The molecular formula is C14H21ClN2O. The van der Waals surface area contributed by atoms with E-state index in [1.807, 2.05) is 24.3 Å². The van der Waals surface area contributed by atoms with Gasteiger partial charge in [0.05, 0.1) is 0 Å². The zero-order chi connectivity index (χ0) is 13.4. The molecular weight excluding hydrogens is 248 g/mol. The van der Waals surface area contributed by atoms with Crippen molar-refractivity contribution in [3.05, 3.63) is 34.9 Å². The van der Waals surface area contributed by atoms with Gasteiger partial charge in [-0.05, 0) is 24.1 Å². The lowest BCUT2D eigenvalue weighted by Gasteiger charge is -2.18. The molecule has 1 aromatic rings. The van der Waals surface area contributed by atoms with Gasteiger partial charge in [0.2, 0.25) is 0 Å². The maximum absolute atomic E-state index is 11.8. The van der Waals surface area contributed by atoms with Gasteiger partial charge in [0.25, 0.3) is 0 Å². The summed E-state index contributed by atoms with van der Waals surface area (Å²) >= 11 is 5.82. The van der Waals surface area contributed by atoms with Crippen LogP contribution in [0.15, 0.2) is 24.3 Å². The fourth-order valence-electron chi connectivity index (χ4n) is 1.64. The Morgan fingerprint density at radius 3 is 2.56 bits per heavy atom. The molecule has 0 heterocycles. The Balaban J connectivity index is 2.33. The number of hydrogen-bond donors (Lipinski definition) is 1. The highest BCUT2D eigenvalue weighted by molar-refractivity contribution is 6.30. The fraction of sp³-hybridized carbons (Fsp3) is 0.500. The molecule has 0 fully saturated rings. The molecule has 0 saturated carbocycles. The van der Waals surface area contributed by atoms with E-state index in [1.54, 1.807) is 11.9 Å². The van der Waals surface area contributed by atoms with Gasteiger partial charge in [-0.25, -0.2) is 4.79 Å². The van der Waals surface area contributed by atoms with E-state index in [9.17, 15) is 4.79 Å². The second-order valence-corrected chi connectivity index (χ2v) is 4.86. The molecule has 100 valence electrons. The van der Waals surface area contributed by atoms with Crippen LogP contribution in [0.25, 0.3) is 0 Å². The third-order valence-electron chi connectivity index (χ3n) is 2.74. The van der Waals surface area contributed by atoms with Crippen molar-refractivity contribution < 1.29 is 4.79 Å². The van der Waals surface area contributed by atoms with E-state index in [1.165, 1.54) is 0 Å². The van der Waals surface area contributed by atoms with Gasteiger partial charge in [-0.3, -0.25) is 0 Å². The fourth-order valence-corrected chi connectivity index (χ4v) is 1.77. The SMILES string of the molecule is CCCCCNC(=O)N(C)Cc1ccc(Cl)cc1. The normalized spacial score (nSPS) is 10.2. The molecule has 4 heteroatoms. The molecule has 0 radical (unpaired) electrons. The van der Waals surface area contributed by atoms with Crippen molar-refractivity contribution in [2.75, 3.05) is 13.6 Å². The summed E-state index contributed by atoms with van der Waals surface area (Å²) in [5.74, 6) is 0. The maximum Gasteiger partial charge on any atom is 0.317 e. The lowest BCUT2D eigenvalue weighted by Crippen LogP contribution is -2.37. The van der Waals surface area contributed by atoms with Crippen molar-refractivity contribution >= 4 is 17.6 Å². The first-order valence-electron chi connectivity index (χ1n) is 6.37. The second-order valence-electron chi connectivity index (χ2n) is 4.42. The number of nitrogens with zero attached hydrogens (tertiary/aromatic N) is 1. The Morgan fingerprint density at radius 1 is 1.28 bits per heavy atom. The molecule has 1 N–H and O–H groups in total. The average Bonchev–Trinajstić information content (AvgIpc) is 2.37. The Labute approximate surface area is 114 Å². The van der Waals surface area contributed by atoms with Crippen LogP contribution in [0, 0.1) is 0 Å². The van der Waals surface area contributed by atoms with Crippen LogP contribution in [0.3, 0.4) is 0 Å². The molecule has 0 spiro atoms. The number of carbonyl (C=O) groups excluding carboxylic acids is 1. The number of benzene rings is 1. The van der Waals surface area contributed by atoms with Crippen molar-refractivity contribution in [1.29, 1.82) is 0 Å². The lowest BCUT2D eigenvalue weighted by molar-refractivity contribution is 0.206. The van der Waals surface area contributed by atoms with Gasteiger partial charge in [0.1, 0.15) is 0 Å². The molecule has 0 saturated heterocycles. The summed E-state index contributed by atoms with van der Waals surface area (Å²) in [6.45, 7) is 3.49. The van der Waals surface area contributed by atoms with E-state index in [-0.39, 0.29) is 6.03 Å². The molecule has 0 aliphatic carbocycles. The molecule has 2 amide bonds. The third kappa shape index (κ3) is 5.41. The average molecular weight is 269 g/mol. The molecule has 18 heavy (non-hydrogen) atoms. The van der Waals surface area contributed by atoms with Crippen molar-refractivity contribution in [2.24, 2.45) is 0 Å². The lowest BCUT2D eigenvalue weighted by atomic mass is 10.2. The smallest absolute Gasteiger partial charge is 0.317 e. The van der Waals surface area contributed by atoms with Gasteiger partial charge in [-0.2, -0.15) is 0 Å². The Bertz CT molecular complexity index is 365. The highest BCUT2D eigenvalue weighted by Gasteiger charge is 2.07. The van der Waals surface area contributed by atoms with Gasteiger partial charge in [0, 0.05) is 25.2 Å². The molecule has 0 bridgehead atoms. The van der Waals surface area contributed by atoms with Crippen LogP contribution >= 0.6 is 11.6 Å². The predicted octanol–water partition coefficient (Wildman–Crippen LogP) is 3.67. The molecule has 0 unspecified atom stereocenters. The minimum atomic E-state index is -0.0268. The van der Waals surface area contributed by atoms with Crippen molar-refractivity contribution in [3.63, 3.8) is 0 Å². The summed E-state index contributed by atoms with van der Waals surface area (Å²) in [6, 6.07) is 7.52.